The highest BCUT2D eigenvalue weighted by Crippen LogP contribution is 2.16. The Labute approximate surface area is 120 Å². The molecule has 110 valence electrons. The van der Waals surface area contributed by atoms with Crippen LogP contribution in [0.15, 0.2) is 18.6 Å². The zero-order valence-corrected chi connectivity index (χ0v) is 11.9. The topological polar surface area (TPSA) is 110 Å². The van der Waals surface area contributed by atoms with E-state index >= 15 is 0 Å². The Hall–Kier alpha value is -2.77. The van der Waals surface area contributed by atoms with Crippen LogP contribution in [0, 0.1) is 6.92 Å². The van der Waals surface area contributed by atoms with Crippen LogP contribution in [-0.2, 0) is 7.05 Å². The molecule has 2 aromatic rings. The fraction of sp³-hybridized carbons (Fsp3) is 0.308. The summed E-state index contributed by atoms with van der Waals surface area (Å²) in [5.41, 5.74) is 1.71. The number of aromatic nitrogens is 4. The third-order valence-corrected chi connectivity index (χ3v) is 3.19. The van der Waals surface area contributed by atoms with Gasteiger partial charge in [0.2, 0.25) is 0 Å². The highest BCUT2D eigenvalue weighted by Gasteiger charge is 2.17. The first-order valence-electron chi connectivity index (χ1n) is 6.25. The van der Waals surface area contributed by atoms with E-state index in [1.807, 2.05) is 20.9 Å². The molecule has 0 aliphatic rings. The second kappa shape index (κ2) is 5.70. The van der Waals surface area contributed by atoms with Gasteiger partial charge in [0, 0.05) is 18.3 Å². The van der Waals surface area contributed by atoms with Crippen LogP contribution in [0.25, 0.3) is 0 Å². The Balaban J connectivity index is 2.10. The Morgan fingerprint density at radius 3 is 2.33 bits per heavy atom. The number of hydrogen-bond donors (Lipinski definition) is 2. The first-order valence-corrected chi connectivity index (χ1v) is 6.25. The molecular weight excluding hydrogens is 274 g/mol. The van der Waals surface area contributed by atoms with Gasteiger partial charge in [0.15, 0.2) is 5.69 Å². The number of amides is 1. The summed E-state index contributed by atoms with van der Waals surface area (Å²) in [5.74, 6) is -1.61. The van der Waals surface area contributed by atoms with Crippen LogP contribution in [0.2, 0.25) is 0 Å². The summed E-state index contributed by atoms with van der Waals surface area (Å²) in [6, 6.07) is -0.243. The molecule has 0 spiro atoms. The van der Waals surface area contributed by atoms with Gasteiger partial charge in [-0.05, 0) is 13.8 Å². The average molecular weight is 289 g/mol. The number of carboxylic acids is 1. The molecule has 0 fully saturated rings. The zero-order chi connectivity index (χ0) is 15.6. The molecule has 2 aromatic heterocycles. The van der Waals surface area contributed by atoms with Crippen molar-refractivity contribution in [1.29, 1.82) is 0 Å². The van der Waals surface area contributed by atoms with Gasteiger partial charge in [-0.2, -0.15) is 5.10 Å². The quantitative estimate of drug-likeness (QED) is 0.857. The number of rotatable bonds is 4. The van der Waals surface area contributed by atoms with Crippen molar-refractivity contribution >= 4 is 11.9 Å². The van der Waals surface area contributed by atoms with Gasteiger partial charge < -0.3 is 10.4 Å². The van der Waals surface area contributed by atoms with Gasteiger partial charge in [0.05, 0.1) is 24.6 Å². The number of nitrogens with one attached hydrogen (secondary N) is 1. The van der Waals surface area contributed by atoms with Crippen molar-refractivity contribution in [3.8, 4) is 0 Å². The molecule has 0 aliphatic carbocycles. The van der Waals surface area contributed by atoms with Crippen LogP contribution in [0.3, 0.4) is 0 Å². The summed E-state index contributed by atoms with van der Waals surface area (Å²) in [6.07, 6.45) is 3.89. The molecule has 1 amide bonds. The molecule has 0 saturated heterocycles. The van der Waals surface area contributed by atoms with E-state index in [2.05, 4.69) is 20.4 Å². The molecule has 8 heteroatoms. The van der Waals surface area contributed by atoms with Crippen molar-refractivity contribution < 1.29 is 14.7 Å². The maximum absolute atomic E-state index is 12.0. The predicted octanol–water partition coefficient (Wildman–Crippen LogP) is 0.708. The van der Waals surface area contributed by atoms with Crippen LogP contribution in [-0.4, -0.2) is 36.7 Å². The lowest BCUT2D eigenvalue weighted by Gasteiger charge is -2.13. The van der Waals surface area contributed by atoms with Gasteiger partial charge in [0.1, 0.15) is 5.69 Å². The highest BCUT2D eigenvalue weighted by atomic mass is 16.4. The van der Waals surface area contributed by atoms with E-state index < -0.39 is 11.9 Å². The molecule has 0 radical (unpaired) electrons. The Bertz CT molecular complexity index is 678. The Kier molecular flexibility index (Phi) is 3.97. The summed E-state index contributed by atoms with van der Waals surface area (Å²) in [6.45, 7) is 3.74. The molecule has 0 saturated carbocycles. The van der Waals surface area contributed by atoms with E-state index in [4.69, 9.17) is 5.11 Å². The van der Waals surface area contributed by atoms with Crippen LogP contribution in [0.5, 0.6) is 0 Å². The third-order valence-electron chi connectivity index (χ3n) is 3.19. The number of aromatic carboxylic acids is 1. The normalized spacial score (nSPS) is 12.0. The van der Waals surface area contributed by atoms with E-state index in [0.717, 1.165) is 23.7 Å². The predicted molar refractivity (Wildman–Crippen MR) is 72.8 cm³/mol. The molecule has 1 unspecified atom stereocenters. The Morgan fingerprint density at radius 2 is 1.86 bits per heavy atom. The minimum atomic E-state index is -1.19. The molecule has 2 N–H and O–H groups in total. The lowest BCUT2D eigenvalue weighted by Crippen LogP contribution is -2.28. The fourth-order valence-electron chi connectivity index (χ4n) is 1.84. The highest BCUT2D eigenvalue weighted by molar-refractivity contribution is 5.93. The van der Waals surface area contributed by atoms with Crippen LogP contribution < -0.4 is 5.32 Å². The molecule has 2 rings (SSSR count). The molecule has 21 heavy (non-hydrogen) atoms. The number of carbonyl (C=O) groups excluding carboxylic acids is 1. The van der Waals surface area contributed by atoms with Gasteiger partial charge in [-0.1, -0.05) is 0 Å². The first-order chi connectivity index (χ1) is 9.90. The first kappa shape index (κ1) is 14.6. The lowest BCUT2D eigenvalue weighted by atomic mass is 10.1. The maximum atomic E-state index is 12.0. The second-order valence-electron chi connectivity index (χ2n) is 4.60. The standard InChI is InChI=1S/C13H15N5O3/c1-7(9-4-16-18(3)8(9)2)17-12(19)10-5-15-11(6-14-10)13(20)21/h4-7H,1-3H3,(H,17,19)(H,20,21). The number of nitrogens with zero attached hydrogens (tertiary/aromatic N) is 4. The van der Waals surface area contributed by atoms with Crippen LogP contribution in [0.1, 0.15) is 45.2 Å². The van der Waals surface area contributed by atoms with Gasteiger partial charge in [-0.25, -0.2) is 14.8 Å². The van der Waals surface area contributed by atoms with Crippen LogP contribution >= 0.6 is 0 Å². The summed E-state index contributed by atoms with van der Waals surface area (Å²) < 4.78 is 1.72. The zero-order valence-electron chi connectivity index (χ0n) is 11.9. The van der Waals surface area contributed by atoms with Gasteiger partial charge in [-0.15, -0.1) is 0 Å². The number of carboxylic acid groups (broad SMARTS) is 1. The van der Waals surface area contributed by atoms with Crippen molar-refractivity contribution in [1.82, 2.24) is 25.1 Å². The number of aryl methyl sites for hydroxylation is 1. The minimum Gasteiger partial charge on any atom is -0.476 e. The smallest absolute Gasteiger partial charge is 0.356 e. The van der Waals surface area contributed by atoms with E-state index in [0.29, 0.717) is 0 Å². The summed E-state index contributed by atoms with van der Waals surface area (Å²) in [4.78, 5) is 30.2. The largest absolute Gasteiger partial charge is 0.476 e. The second-order valence-corrected chi connectivity index (χ2v) is 4.60. The van der Waals surface area contributed by atoms with Crippen molar-refractivity contribution in [2.24, 2.45) is 7.05 Å². The van der Waals surface area contributed by atoms with Gasteiger partial charge in [-0.3, -0.25) is 9.48 Å². The third kappa shape index (κ3) is 3.04. The number of carbonyl (C=O) groups is 2. The number of hydrogen-bond acceptors (Lipinski definition) is 5. The molecule has 2 heterocycles. The molecule has 8 nitrogen and oxygen atoms in total. The van der Waals surface area contributed by atoms with Crippen molar-refractivity contribution in [3.05, 3.63) is 41.2 Å². The van der Waals surface area contributed by atoms with Gasteiger partial charge >= 0.3 is 5.97 Å². The van der Waals surface area contributed by atoms with E-state index in [1.165, 1.54) is 0 Å². The van der Waals surface area contributed by atoms with E-state index in [9.17, 15) is 9.59 Å². The average Bonchev–Trinajstić information content (AvgIpc) is 2.79. The SMILES string of the molecule is Cc1c(C(C)NC(=O)c2cnc(C(=O)O)cn2)cnn1C. The molecule has 0 bridgehead atoms. The molecule has 0 aliphatic heterocycles. The van der Waals surface area contributed by atoms with E-state index in [-0.39, 0.29) is 17.4 Å². The summed E-state index contributed by atoms with van der Waals surface area (Å²) in [7, 11) is 1.82. The fourth-order valence-corrected chi connectivity index (χ4v) is 1.84. The summed E-state index contributed by atoms with van der Waals surface area (Å²) >= 11 is 0. The Morgan fingerprint density at radius 1 is 1.24 bits per heavy atom. The minimum absolute atomic E-state index is 0.0633. The van der Waals surface area contributed by atoms with Gasteiger partial charge in [0.25, 0.3) is 5.91 Å². The van der Waals surface area contributed by atoms with Crippen LogP contribution in [0.4, 0.5) is 0 Å². The maximum Gasteiger partial charge on any atom is 0.356 e. The van der Waals surface area contributed by atoms with Crippen molar-refractivity contribution in [3.63, 3.8) is 0 Å². The monoisotopic (exact) mass is 289 g/mol. The molecular formula is C13H15N5O3. The molecule has 0 aromatic carbocycles. The van der Waals surface area contributed by atoms with E-state index in [1.54, 1.807) is 10.9 Å². The lowest BCUT2D eigenvalue weighted by molar-refractivity contribution is 0.0689. The van der Waals surface area contributed by atoms with Crippen molar-refractivity contribution in [2.75, 3.05) is 0 Å². The van der Waals surface area contributed by atoms with Crippen molar-refractivity contribution in [2.45, 2.75) is 19.9 Å². The summed E-state index contributed by atoms with van der Waals surface area (Å²) in [5, 5.41) is 15.6. The molecule has 1 atom stereocenters.